The van der Waals surface area contributed by atoms with Crippen LogP contribution in [0.3, 0.4) is 0 Å². The van der Waals surface area contributed by atoms with Gasteiger partial charge in [-0.1, -0.05) is 17.7 Å². The summed E-state index contributed by atoms with van der Waals surface area (Å²) in [6, 6.07) is 8.52. The predicted molar refractivity (Wildman–Crippen MR) is 85.4 cm³/mol. The van der Waals surface area contributed by atoms with Gasteiger partial charge < -0.3 is 4.90 Å². The first-order valence-corrected chi connectivity index (χ1v) is 7.98. The summed E-state index contributed by atoms with van der Waals surface area (Å²) in [5, 5.41) is 1.81. The van der Waals surface area contributed by atoms with Crippen LogP contribution in [0, 0.1) is 0 Å². The molecule has 0 spiro atoms. The lowest BCUT2D eigenvalue weighted by molar-refractivity contribution is 0.400. The number of hydrogen-bond acceptors (Lipinski definition) is 3. The summed E-state index contributed by atoms with van der Waals surface area (Å²) in [7, 11) is 4.17. The summed E-state index contributed by atoms with van der Waals surface area (Å²) in [5.74, 6) is 0. The lowest BCUT2D eigenvalue weighted by Gasteiger charge is -2.10. The Morgan fingerprint density at radius 1 is 1.26 bits per heavy atom. The second-order valence-corrected chi connectivity index (χ2v) is 6.14. The molecule has 0 atom stereocenters. The lowest BCUT2D eigenvalue weighted by Crippen LogP contribution is -2.13. The fraction of sp³-hybridized carbons (Fsp3) is 0.400. The van der Waals surface area contributed by atoms with Crippen LogP contribution in [0.2, 0.25) is 5.15 Å². The number of aryl methyl sites for hydroxylation is 1. The maximum Gasteiger partial charge on any atom is 0.132 e. The van der Waals surface area contributed by atoms with E-state index in [2.05, 4.69) is 54.5 Å². The van der Waals surface area contributed by atoms with Crippen LogP contribution in [0.5, 0.6) is 0 Å². The molecule has 102 valence electrons. The van der Waals surface area contributed by atoms with E-state index in [9.17, 15) is 0 Å². The molecule has 0 unspecified atom stereocenters. The van der Waals surface area contributed by atoms with Crippen molar-refractivity contribution >= 4 is 34.3 Å². The number of aromatic nitrogens is 1. The molecule has 4 heteroatoms. The number of thioether (sulfide) groups is 1. The van der Waals surface area contributed by atoms with Gasteiger partial charge >= 0.3 is 0 Å². The van der Waals surface area contributed by atoms with Crippen molar-refractivity contribution in [3.05, 3.63) is 35.0 Å². The van der Waals surface area contributed by atoms with Gasteiger partial charge in [0.05, 0.1) is 5.52 Å². The number of nitrogens with zero attached hydrogens (tertiary/aromatic N) is 2. The first-order valence-electron chi connectivity index (χ1n) is 6.38. The minimum atomic E-state index is 0.643. The van der Waals surface area contributed by atoms with Gasteiger partial charge in [-0.2, -0.15) is 0 Å². The van der Waals surface area contributed by atoms with Crippen LogP contribution in [0.1, 0.15) is 12.0 Å². The molecule has 0 aliphatic carbocycles. The van der Waals surface area contributed by atoms with Crippen LogP contribution in [0.15, 0.2) is 29.2 Å². The molecule has 0 fully saturated rings. The number of rotatable bonds is 5. The van der Waals surface area contributed by atoms with Crippen LogP contribution < -0.4 is 0 Å². The fourth-order valence-electron chi connectivity index (χ4n) is 2.06. The number of hydrogen-bond donors (Lipinski definition) is 0. The third-order valence-corrected chi connectivity index (χ3v) is 4.15. The van der Waals surface area contributed by atoms with E-state index in [1.54, 1.807) is 11.8 Å². The Bertz CT molecular complexity index is 569. The standard InChI is InChI=1S/C15H19ClN2S/c1-18(2)8-4-5-12-9-11-6-7-13(19-3)10-14(11)17-15(12)16/h6-7,9-10H,4-5,8H2,1-3H3. The number of halogens is 1. The highest BCUT2D eigenvalue weighted by atomic mass is 35.5. The fourth-order valence-corrected chi connectivity index (χ4v) is 2.73. The van der Waals surface area contributed by atoms with Gasteiger partial charge in [-0.15, -0.1) is 11.8 Å². The Labute approximate surface area is 124 Å². The SMILES string of the molecule is CSc1ccc2cc(CCCN(C)C)c(Cl)nc2c1. The van der Waals surface area contributed by atoms with Crippen molar-refractivity contribution in [1.82, 2.24) is 9.88 Å². The van der Waals surface area contributed by atoms with Gasteiger partial charge in [-0.3, -0.25) is 0 Å². The highest BCUT2D eigenvalue weighted by Crippen LogP contribution is 2.25. The molecule has 0 aliphatic heterocycles. The van der Waals surface area contributed by atoms with Gasteiger partial charge in [0.25, 0.3) is 0 Å². The van der Waals surface area contributed by atoms with E-state index in [1.807, 2.05) is 0 Å². The molecule has 1 heterocycles. The highest BCUT2D eigenvalue weighted by Gasteiger charge is 2.06. The quantitative estimate of drug-likeness (QED) is 0.610. The third kappa shape index (κ3) is 3.85. The summed E-state index contributed by atoms with van der Waals surface area (Å²) in [4.78, 5) is 7.93. The van der Waals surface area contributed by atoms with Crippen LogP contribution in [0.4, 0.5) is 0 Å². The molecule has 0 aliphatic rings. The summed E-state index contributed by atoms with van der Waals surface area (Å²) in [6.45, 7) is 1.07. The summed E-state index contributed by atoms with van der Waals surface area (Å²) in [5.41, 5.74) is 2.13. The van der Waals surface area contributed by atoms with Crippen LogP contribution in [-0.2, 0) is 6.42 Å². The topological polar surface area (TPSA) is 16.1 Å². The maximum atomic E-state index is 6.28. The van der Waals surface area contributed by atoms with Crippen molar-refractivity contribution in [3.63, 3.8) is 0 Å². The van der Waals surface area contributed by atoms with E-state index in [-0.39, 0.29) is 0 Å². The Morgan fingerprint density at radius 2 is 2.05 bits per heavy atom. The summed E-state index contributed by atoms with van der Waals surface area (Å²) >= 11 is 8.00. The van der Waals surface area contributed by atoms with E-state index >= 15 is 0 Å². The number of fused-ring (bicyclic) bond motifs is 1. The maximum absolute atomic E-state index is 6.28. The molecule has 19 heavy (non-hydrogen) atoms. The van der Waals surface area contributed by atoms with Crippen molar-refractivity contribution in [1.29, 1.82) is 0 Å². The van der Waals surface area contributed by atoms with E-state index in [0.29, 0.717) is 5.15 Å². The molecule has 2 nitrogen and oxygen atoms in total. The second-order valence-electron chi connectivity index (χ2n) is 4.90. The monoisotopic (exact) mass is 294 g/mol. The molecule has 0 radical (unpaired) electrons. The normalized spacial score (nSPS) is 11.4. The summed E-state index contributed by atoms with van der Waals surface area (Å²) in [6.07, 6.45) is 4.14. The van der Waals surface area contributed by atoms with Crippen molar-refractivity contribution in [2.24, 2.45) is 0 Å². The molecular weight excluding hydrogens is 276 g/mol. The zero-order valence-corrected chi connectivity index (χ0v) is 13.2. The molecule has 0 bridgehead atoms. The average Bonchev–Trinajstić information content (AvgIpc) is 2.38. The predicted octanol–water partition coefficient (Wildman–Crippen LogP) is 4.10. The van der Waals surface area contributed by atoms with E-state index in [4.69, 9.17) is 11.6 Å². The van der Waals surface area contributed by atoms with E-state index in [1.165, 1.54) is 10.3 Å². The van der Waals surface area contributed by atoms with E-state index in [0.717, 1.165) is 30.5 Å². The average molecular weight is 295 g/mol. The Morgan fingerprint density at radius 3 is 2.74 bits per heavy atom. The van der Waals surface area contributed by atoms with Crippen molar-refractivity contribution < 1.29 is 0 Å². The minimum Gasteiger partial charge on any atom is -0.309 e. The van der Waals surface area contributed by atoms with Gasteiger partial charge in [-0.05, 0) is 63.5 Å². The van der Waals surface area contributed by atoms with Crippen LogP contribution in [-0.4, -0.2) is 36.8 Å². The van der Waals surface area contributed by atoms with Crippen molar-refractivity contribution in [2.75, 3.05) is 26.9 Å². The van der Waals surface area contributed by atoms with Crippen LogP contribution >= 0.6 is 23.4 Å². The number of pyridine rings is 1. The van der Waals surface area contributed by atoms with E-state index < -0.39 is 0 Å². The molecule has 1 aromatic carbocycles. The van der Waals surface area contributed by atoms with Crippen molar-refractivity contribution in [2.45, 2.75) is 17.7 Å². The zero-order valence-electron chi connectivity index (χ0n) is 11.6. The first kappa shape index (κ1) is 14.6. The Kier molecular flexibility index (Phi) is 5.08. The molecule has 2 rings (SSSR count). The molecular formula is C15H19ClN2S. The molecule has 1 aromatic heterocycles. The molecule has 2 aromatic rings. The van der Waals surface area contributed by atoms with Crippen LogP contribution in [0.25, 0.3) is 10.9 Å². The van der Waals surface area contributed by atoms with Crippen molar-refractivity contribution in [3.8, 4) is 0 Å². The third-order valence-electron chi connectivity index (χ3n) is 3.10. The molecule has 0 saturated heterocycles. The van der Waals surface area contributed by atoms with Gasteiger partial charge in [-0.25, -0.2) is 4.98 Å². The molecule has 0 amide bonds. The minimum absolute atomic E-state index is 0.643. The summed E-state index contributed by atoms with van der Waals surface area (Å²) < 4.78 is 0. The first-order chi connectivity index (χ1) is 9.10. The second kappa shape index (κ2) is 6.60. The molecule has 0 N–H and O–H groups in total. The van der Waals surface area contributed by atoms with Gasteiger partial charge in [0.2, 0.25) is 0 Å². The Balaban J connectivity index is 2.23. The highest BCUT2D eigenvalue weighted by molar-refractivity contribution is 7.98. The largest absolute Gasteiger partial charge is 0.309 e. The number of benzene rings is 1. The smallest absolute Gasteiger partial charge is 0.132 e. The van der Waals surface area contributed by atoms with Gasteiger partial charge in [0.15, 0.2) is 0 Å². The molecule has 0 saturated carbocycles. The lowest BCUT2D eigenvalue weighted by atomic mass is 10.1. The van der Waals surface area contributed by atoms with Gasteiger partial charge in [0, 0.05) is 10.3 Å². The van der Waals surface area contributed by atoms with Gasteiger partial charge in [0.1, 0.15) is 5.15 Å². The Hall–Kier alpha value is -0.770. The zero-order chi connectivity index (χ0) is 13.8.